The molecular weight excluding hydrogens is 390 g/mol. The molecule has 0 aliphatic carbocycles. The number of carbonyl (C=O) groups is 1. The Bertz CT molecular complexity index is 1160. The molecule has 2 aromatic carbocycles. The highest BCUT2D eigenvalue weighted by molar-refractivity contribution is 7.92. The van der Waals surface area contributed by atoms with Crippen molar-refractivity contribution in [2.24, 2.45) is 5.10 Å². The summed E-state index contributed by atoms with van der Waals surface area (Å²) < 4.78 is 30.8. The number of benzene rings is 2. The van der Waals surface area contributed by atoms with Crippen LogP contribution in [0.1, 0.15) is 34.1 Å². The smallest absolute Gasteiger partial charge is 0.310 e. The third-order valence-electron chi connectivity index (χ3n) is 4.53. The zero-order valence-electron chi connectivity index (χ0n) is 15.6. The highest BCUT2D eigenvalue weighted by Gasteiger charge is 2.34. The lowest BCUT2D eigenvalue weighted by Gasteiger charge is -2.21. The zero-order chi connectivity index (χ0) is 20.4. The fourth-order valence-electron chi connectivity index (χ4n) is 3.30. The van der Waals surface area contributed by atoms with Gasteiger partial charge in [0.15, 0.2) is 5.76 Å². The first-order chi connectivity index (χ1) is 13.9. The first kappa shape index (κ1) is 18.9. The second-order valence-electron chi connectivity index (χ2n) is 6.76. The van der Waals surface area contributed by atoms with Gasteiger partial charge in [-0.05, 0) is 35.4 Å². The summed E-state index contributed by atoms with van der Waals surface area (Å²) in [5.41, 5.74) is 2.83. The maximum absolute atomic E-state index is 13.0. The van der Waals surface area contributed by atoms with Crippen molar-refractivity contribution in [1.82, 2.24) is 5.01 Å². The molecule has 0 spiro atoms. The van der Waals surface area contributed by atoms with Gasteiger partial charge in [0.1, 0.15) is 0 Å². The Morgan fingerprint density at radius 2 is 1.90 bits per heavy atom. The fraction of sp³-hybridized carbons (Fsp3) is 0.143. The van der Waals surface area contributed by atoms with Crippen molar-refractivity contribution in [1.29, 1.82) is 0 Å². The lowest BCUT2D eigenvalue weighted by molar-refractivity contribution is 0.0678. The normalized spacial score (nSPS) is 16.5. The van der Waals surface area contributed by atoms with E-state index in [1.807, 2.05) is 36.4 Å². The number of nitrogens with one attached hydrogen (secondary N) is 1. The molecular formula is C21H19N3O4S. The Balaban J connectivity index is 1.70. The van der Waals surface area contributed by atoms with Crippen LogP contribution >= 0.6 is 0 Å². The number of sulfonamides is 1. The Morgan fingerprint density at radius 3 is 2.59 bits per heavy atom. The van der Waals surface area contributed by atoms with Crippen LogP contribution in [-0.4, -0.2) is 31.3 Å². The molecule has 1 N–H and O–H groups in total. The van der Waals surface area contributed by atoms with Gasteiger partial charge in [0.25, 0.3) is 0 Å². The topological polar surface area (TPSA) is 92.0 Å². The van der Waals surface area contributed by atoms with Crippen molar-refractivity contribution in [3.8, 4) is 0 Å². The van der Waals surface area contributed by atoms with Crippen molar-refractivity contribution in [3.05, 3.63) is 89.9 Å². The molecule has 7 nitrogen and oxygen atoms in total. The standard InChI is InChI=1S/C21H19N3O4S/c1-29(26,27)23-17-10-5-9-16(13-17)18-14-19(15-7-3-2-4-8-15)24(22-18)21(25)20-11-6-12-28-20/h2-13,19,23H,14H2,1H3/t19-/m1/s1. The molecule has 1 atom stereocenters. The molecule has 148 valence electrons. The van der Waals surface area contributed by atoms with Crippen LogP contribution < -0.4 is 4.72 Å². The van der Waals surface area contributed by atoms with Crippen LogP contribution in [0.5, 0.6) is 0 Å². The Hall–Kier alpha value is -3.39. The molecule has 0 saturated heterocycles. The number of hydrogen-bond acceptors (Lipinski definition) is 5. The quantitative estimate of drug-likeness (QED) is 0.696. The minimum atomic E-state index is -3.39. The number of nitrogens with zero attached hydrogens (tertiary/aromatic N) is 2. The number of hydrogen-bond donors (Lipinski definition) is 1. The molecule has 0 radical (unpaired) electrons. The second kappa shape index (κ2) is 7.56. The molecule has 0 fully saturated rings. The van der Waals surface area contributed by atoms with Gasteiger partial charge in [-0.1, -0.05) is 42.5 Å². The summed E-state index contributed by atoms with van der Waals surface area (Å²) in [6.45, 7) is 0. The number of carbonyl (C=O) groups excluding carboxylic acids is 1. The van der Waals surface area contributed by atoms with Crippen molar-refractivity contribution in [2.45, 2.75) is 12.5 Å². The van der Waals surface area contributed by atoms with Crippen LogP contribution in [0.4, 0.5) is 5.69 Å². The highest BCUT2D eigenvalue weighted by Crippen LogP contribution is 2.34. The second-order valence-corrected chi connectivity index (χ2v) is 8.51. The van der Waals surface area contributed by atoms with Crippen molar-refractivity contribution < 1.29 is 17.6 Å². The third-order valence-corrected chi connectivity index (χ3v) is 5.14. The maximum Gasteiger partial charge on any atom is 0.310 e. The molecule has 0 unspecified atom stereocenters. The third kappa shape index (κ3) is 4.22. The predicted molar refractivity (Wildman–Crippen MR) is 110 cm³/mol. The summed E-state index contributed by atoms with van der Waals surface area (Å²) in [6, 6.07) is 19.6. The van der Waals surface area contributed by atoms with E-state index in [9.17, 15) is 13.2 Å². The minimum Gasteiger partial charge on any atom is -0.459 e. The molecule has 1 amide bonds. The van der Waals surface area contributed by atoms with Crippen LogP contribution in [0, 0.1) is 0 Å². The van der Waals surface area contributed by atoms with Crippen molar-refractivity contribution in [3.63, 3.8) is 0 Å². The van der Waals surface area contributed by atoms with Gasteiger partial charge in [-0.15, -0.1) is 0 Å². The van der Waals surface area contributed by atoms with E-state index < -0.39 is 10.0 Å². The van der Waals surface area contributed by atoms with E-state index in [1.54, 1.807) is 30.3 Å². The number of amides is 1. The number of hydrazone groups is 1. The van der Waals surface area contributed by atoms with Gasteiger partial charge in [-0.25, -0.2) is 13.4 Å². The lowest BCUT2D eigenvalue weighted by Crippen LogP contribution is -2.26. The van der Waals surface area contributed by atoms with Gasteiger partial charge in [-0.2, -0.15) is 5.10 Å². The van der Waals surface area contributed by atoms with E-state index in [0.717, 1.165) is 17.4 Å². The monoisotopic (exact) mass is 409 g/mol. The fourth-order valence-corrected chi connectivity index (χ4v) is 3.85. The molecule has 3 aromatic rings. The van der Waals surface area contributed by atoms with E-state index in [2.05, 4.69) is 9.82 Å². The first-order valence-corrected chi connectivity index (χ1v) is 10.9. The molecule has 1 aromatic heterocycles. The molecule has 29 heavy (non-hydrogen) atoms. The Morgan fingerprint density at radius 1 is 1.10 bits per heavy atom. The van der Waals surface area contributed by atoms with Gasteiger partial charge in [0, 0.05) is 12.1 Å². The summed E-state index contributed by atoms with van der Waals surface area (Å²) in [4.78, 5) is 13.0. The summed E-state index contributed by atoms with van der Waals surface area (Å²) >= 11 is 0. The van der Waals surface area contributed by atoms with E-state index >= 15 is 0 Å². The van der Waals surface area contributed by atoms with Gasteiger partial charge in [0.2, 0.25) is 10.0 Å². The van der Waals surface area contributed by atoms with Crippen molar-refractivity contribution >= 4 is 27.3 Å². The van der Waals surface area contributed by atoms with E-state index in [1.165, 1.54) is 11.3 Å². The summed E-state index contributed by atoms with van der Waals surface area (Å²) in [5.74, 6) is -0.118. The molecule has 1 aliphatic heterocycles. The molecule has 4 rings (SSSR count). The van der Waals surface area contributed by atoms with E-state index in [0.29, 0.717) is 17.8 Å². The number of furan rings is 1. The molecule has 0 saturated carbocycles. The zero-order valence-corrected chi connectivity index (χ0v) is 16.5. The van der Waals surface area contributed by atoms with Gasteiger partial charge >= 0.3 is 5.91 Å². The SMILES string of the molecule is CS(=O)(=O)Nc1cccc(C2=NN(C(=O)c3ccco3)[C@@H](c3ccccc3)C2)c1. The van der Waals surface area contributed by atoms with Crippen LogP contribution in [0.2, 0.25) is 0 Å². The van der Waals surface area contributed by atoms with E-state index in [-0.39, 0.29) is 17.7 Å². The van der Waals surface area contributed by atoms with Gasteiger partial charge in [0.05, 0.1) is 24.3 Å². The van der Waals surface area contributed by atoms with Crippen molar-refractivity contribution in [2.75, 3.05) is 11.0 Å². The van der Waals surface area contributed by atoms with Crippen LogP contribution in [0.25, 0.3) is 0 Å². The number of rotatable bonds is 5. The van der Waals surface area contributed by atoms with Crippen LogP contribution in [0.3, 0.4) is 0 Å². The first-order valence-electron chi connectivity index (χ1n) is 8.98. The Kier molecular flexibility index (Phi) is 4.94. The largest absolute Gasteiger partial charge is 0.459 e. The summed E-state index contributed by atoms with van der Waals surface area (Å²) in [7, 11) is -3.39. The molecule has 8 heteroatoms. The Labute approximate surface area is 168 Å². The lowest BCUT2D eigenvalue weighted by atomic mass is 9.98. The van der Waals surface area contributed by atoms with Crippen LogP contribution in [0.15, 0.2) is 82.5 Å². The average Bonchev–Trinajstić information content (AvgIpc) is 3.37. The predicted octanol–water partition coefficient (Wildman–Crippen LogP) is 3.64. The highest BCUT2D eigenvalue weighted by atomic mass is 32.2. The van der Waals surface area contributed by atoms with Gasteiger partial charge in [-0.3, -0.25) is 9.52 Å². The average molecular weight is 409 g/mol. The maximum atomic E-state index is 13.0. The molecule has 2 heterocycles. The summed E-state index contributed by atoms with van der Waals surface area (Å²) in [6.07, 6.45) is 3.05. The number of anilines is 1. The van der Waals surface area contributed by atoms with E-state index in [4.69, 9.17) is 4.42 Å². The molecule has 0 bridgehead atoms. The minimum absolute atomic E-state index is 0.212. The summed E-state index contributed by atoms with van der Waals surface area (Å²) in [5, 5.41) is 6.00. The van der Waals surface area contributed by atoms with Crippen LogP contribution in [-0.2, 0) is 10.0 Å². The molecule has 1 aliphatic rings. The van der Waals surface area contributed by atoms with Gasteiger partial charge < -0.3 is 4.42 Å².